The number of esters is 2. The van der Waals surface area contributed by atoms with E-state index in [0.717, 1.165) is 194 Å². The molecule has 3 spiro atoms. The third-order valence-corrected chi connectivity index (χ3v) is 24.7. The van der Waals surface area contributed by atoms with Gasteiger partial charge in [0, 0.05) is 176 Å². The molecule has 8 saturated heterocycles. The quantitative estimate of drug-likeness (QED) is 0.0594. The summed E-state index contributed by atoms with van der Waals surface area (Å²) in [6.45, 7) is 53.7. The Labute approximate surface area is 892 Å². The average Bonchev–Trinajstić information content (AvgIpc) is 0.860. The van der Waals surface area contributed by atoms with Crippen molar-refractivity contribution in [3.8, 4) is 6.07 Å². The number of amides is 6. The van der Waals surface area contributed by atoms with E-state index in [1.165, 1.54) is 64.0 Å². The maximum Gasteiger partial charge on any atom is 2.00 e. The Morgan fingerprint density at radius 3 is 1.09 bits per heavy atom. The summed E-state index contributed by atoms with van der Waals surface area (Å²) in [4.78, 5) is 148. The molecule has 12 rings (SSSR count). The number of benzene rings is 1. The fraction of sp³-hybridized carbons (Fsp3) is 0.774. The van der Waals surface area contributed by atoms with Gasteiger partial charge >= 0.3 is 71.6 Å². The van der Waals surface area contributed by atoms with Crippen molar-refractivity contribution in [1.82, 2.24) is 44.9 Å². The molecular formula is C106H181BrFMgN10O22Pd-. The van der Waals surface area contributed by atoms with Gasteiger partial charge in [-0.2, -0.15) is 23.5 Å². The monoisotopic (exact) mass is 2170 g/mol. The minimum absolute atomic E-state index is 0. The first kappa shape index (κ1) is 139. The second kappa shape index (κ2) is 68.6. The maximum absolute atomic E-state index is 12.2. The molecule has 8 heterocycles. The molecule has 814 valence electrons. The van der Waals surface area contributed by atoms with Gasteiger partial charge in [-0.1, -0.05) is 12.7 Å². The van der Waals surface area contributed by atoms with E-state index < -0.39 is 33.6 Å². The van der Waals surface area contributed by atoms with Crippen LogP contribution in [-0.2, 0) is 91.8 Å². The van der Waals surface area contributed by atoms with Crippen molar-refractivity contribution >= 4 is 95.2 Å². The summed E-state index contributed by atoms with van der Waals surface area (Å²) in [5, 5.41) is 24.5. The van der Waals surface area contributed by atoms with E-state index in [4.69, 9.17) is 47.7 Å². The summed E-state index contributed by atoms with van der Waals surface area (Å²) in [6.07, 6.45) is 28.8. The number of nitriles is 1. The molecule has 10 fully saturated rings. The van der Waals surface area contributed by atoms with E-state index in [-0.39, 0.29) is 169 Å². The van der Waals surface area contributed by atoms with Crippen LogP contribution in [0.1, 0.15) is 312 Å². The second-order valence-electron chi connectivity index (χ2n) is 43.9. The average molecular weight is 2180 g/mol. The third-order valence-electron chi connectivity index (χ3n) is 24.7. The Balaban J connectivity index is -0.00000154. The molecule has 1 aromatic rings. The Kier molecular flexibility index (Phi) is 67.2. The minimum atomic E-state index is -0.468. The molecule has 2 saturated carbocycles. The number of ketones is 3. The van der Waals surface area contributed by atoms with Crippen LogP contribution in [0.4, 0.5) is 33.2 Å². The number of carbonyl (C=O) groups excluding carboxylic acids is 12. The first-order chi connectivity index (χ1) is 64.2. The van der Waals surface area contributed by atoms with Crippen LogP contribution in [0, 0.1) is 58.7 Å². The molecule has 8 aliphatic heterocycles. The van der Waals surface area contributed by atoms with Crippen molar-refractivity contribution in [1.29, 1.82) is 5.26 Å². The Bertz CT molecular complexity index is 3890. The number of hydrogen-bond acceptors (Lipinski definition) is 26. The summed E-state index contributed by atoms with van der Waals surface area (Å²) in [7, 11) is 7.76. The zero-order valence-electron chi connectivity index (χ0n) is 91.4. The maximum atomic E-state index is 12.2. The minimum Gasteiger partial charge on any atom is -1.00 e. The van der Waals surface area contributed by atoms with Gasteiger partial charge in [-0.05, 0) is 342 Å². The number of hydrogen-bond donors (Lipinski definition) is 3. The molecule has 0 aromatic heterocycles. The van der Waals surface area contributed by atoms with Gasteiger partial charge in [0.25, 0.3) is 0 Å². The van der Waals surface area contributed by atoms with Crippen molar-refractivity contribution < 1.29 is 147 Å². The zero-order chi connectivity index (χ0) is 105. The van der Waals surface area contributed by atoms with Crippen molar-refractivity contribution in [2.24, 2.45) is 28.1 Å². The SMILES string of the molecule is C1CCOC1.C=CC(C)=O.CC(=O)OC1CCN(C(=O)OC(C)(C)C)CC1.CC(=O)OC1CCNCC1.CC(C)(C)OC(=O)N1CCC(C=O)CC1.CC(C)(C)OC(=O)N1CCC(CO)CC1.CC(C)(C)OC(=O)N1CCC2(C=CC(=O)CC2)CC1.CC(C)(C)OC(=O)N1CCC2(CCC(=O)CC2)CC1.CN(C)C1(C#N)CCC2(CCN(C(=O)OC(C)(C)C)CC2)CC1.CNC.Fc1cc[c-]cc1.[Br-].[CH3-].[Mg+2].[Pd]. The molecule has 0 atom stereocenters. The van der Waals surface area contributed by atoms with Gasteiger partial charge in [-0.25, -0.2) is 33.2 Å². The zero-order valence-corrected chi connectivity index (χ0v) is 96.0. The number of aliphatic hydroxyl groups excluding tert-OH is 1. The predicted molar refractivity (Wildman–Crippen MR) is 544 cm³/mol. The molecule has 1 aromatic carbocycles. The van der Waals surface area contributed by atoms with Crippen LogP contribution < -0.4 is 27.6 Å². The number of aliphatic hydroxyl groups is 1. The van der Waals surface area contributed by atoms with E-state index >= 15 is 0 Å². The van der Waals surface area contributed by atoms with Crippen LogP contribution in [0.3, 0.4) is 0 Å². The summed E-state index contributed by atoms with van der Waals surface area (Å²) < 4.78 is 59.0. The van der Waals surface area contributed by atoms with E-state index in [2.05, 4.69) is 40.3 Å². The number of halogens is 2. The summed E-state index contributed by atoms with van der Waals surface area (Å²) >= 11 is 0. The molecule has 0 bridgehead atoms. The van der Waals surface area contributed by atoms with Crippen molar-refractivity contribution in [3.05, 3.63) is 68.4 Å². The topological polar surface area (TPSA) is 379 Å². The largest absolute Gasteiger partial charge is 2.00 e. The number of aldehydes is 1. The van der Waals surface area contributed by atoms with Crippen LogP contribution in [0.2, 0.25) is 0 Å². The summed E-state index contributed by atoms with van der Waals surface area (Å²) in [5.41, 5.74) is -2.18. The Morgan fingerprint density at radius 1 is 0.521 bits per heavy atom. The second-order valence-corrected chi connectivity index (χ2v) is 43.9. The molecular weight excluding hydrogens is 1990 g/mol. The third kappa shape index (κ3) is 61.0. The number of likely N-dealkylation sites (tertiary alicyclic amines) is 6. The Hall–Kier alpha value is -6.93. The summed E-state index contributed by atoms with van der Waals surface area (Å²) in [6, 6.07) is 11.0. The molecule has 6 amide bonds. The van der Waals surface area contributed by atoms with Gasteiger partial charge in [0.05, 0.1) is 6.07 Å². The molecule has 3 N–H and O–H groups in total. The first-order valence-electron chi connectivity index (χ1n) is 49.9. The number of carbonyl (C=O) groups is 12. The van der Waals surface area contributed by atoms with Crippen LogP contribution >= 0.6 is 0 Å². The molecule has 36 heteroatoms. The Morgan fingerprint density at radius 2 is 0.831 bits per heavy atom. The van der Waals surface area contributed by atoms with Gasteiger partial charge in [0.2, 0.25) is 0 Å². The van der Waals surface area contributed by atoms with Gasteiger partial charge < -0.3 is 117 Å². The van der Waals surface area contributed by atoms with Gasteiger partial charge in [0.1, 0.15) is 63.4 Å². The van der Waals surface area contributed by atoms with Crippen LogP contribution in [0.5, 0.6) is 0 Å². The fourth-order valence-electron chi connectivity index (χ4n) is 16.5. The first-order valence-corrected chi connectivity index (χ1v) is 49.9. The molecule has 0 unspecified atom stereocenters. The molecule has 3 aliphatic carbocycles. The molecule has 142 heavy (non-hydrogen) atoms. The van der Waals surface area contributed by atoms with Crippen LogP contribution in [0.15, 0.2) is 49.1 Å². The van der Waals surface area contributed by atoms with Crippen LogP contribution in [0.25, 0.3) is 0 Å². The van der Waals surface area contributed by atoms with E-state index in [0.29, 0.717) is 94.2 Å². The van der Waals surface area contributed by atoms with E-state index in [1.54, 1.807) is 25.7 Å². The van der Waals surface area contributed by atoms with Gasteiger partial charge in [0.15, 0.2) is 11.6 Å². The standard InChI is InChI=1S/C18H31N3O2.C15H25NO3.C15H23NO3.C12H21NO4.C11H21NO3.C11H19NO3.C7H13NO2.C6H4F.C4H8O.C4H6O.C2H7N.CH3.BrH.Mg.Pd/c1-16(2,3)23-15(22)21-12-10-17(11-13-21)6-8-18(14-19,9-7-17)20(4)5;2*1-14(2,3)19-13(18)16-10-8-15(9-11-16)6-4-12(17)5-7-15;1-9(14)16-10-5-7-13(8-6-10)11(15)17-12(2,3)4;2*1-11(2,3)15-10(14)12-6-4-9(8-13)5-7-12;1-6(9)10-7-2-4-8-5-3-7;7-6-4-2-1-3-5-6;1-2-4-5-3-1;1-3-4(2)5;1-3-2;;;;/h6-13H2,1-5H3;4-11H2,1-3H3;4,6H,5,7-11H2,1-3H3;10H,5-8H2,1-4H3;9,13H,4-8H2,1-3H3;8-9H,4-7H2,1-3H3;7-8H,2-5H2,1H3;2-5H;1-4H2;3H,1H2,2H3;3H,1-2H3;1H3;1H;;/q;;;;;;;-1;;;;-1;;+2;/p-1. The predicted octanol–water partition coefficient (Wildman–Crippen LogP) is 15.3. The molecule has 0 radical (unpaired) electrons. The fourth-order valence-corrected chi connectivity index (χ4v) is 16.5. The number of Topliss-reactive ketones (excluding diaryl/α,β-unsaturated/α-hetero) is 1. The number of allylic oxidation sites excluding steroid dienone is 3. The molecule has 32 nitrogen and oxygen atoms in total. The number of nitrogens with one attached hydrogen (secondary N) is 2. The van der Waals surface area contributed by atoms with Crippen LogP contribution in [-0.4, -0.2) is 326 Å². The molecule has 11 aliphatic rings. The smallest absolute Gasteiger partial charge is 1.00 e. The van der Waals surface area contributed by atoms with E-state index in [9.17, 15) is 67.2 Å². The van der Waals surface area contributed by atoms with Crippen molar-refractivity contribution in [2.75, 3.05) is 140 Å². The number of rotatable bonds is 6. The number of ether oxygens (including phenoxy) is 9. The number of nitrogens with zero attached hydrogens (tertiary/aromatic N) is 8. The van der Waals surface area contributed by atoms with Crippen molar-refractivity contribution in [2.45, 2.75) is 364 Å². The number of piperidine rings is 7. The summed E-state index contributed by atoms with van der Waals surface area (Å²) in [5.74, 6) is 0.476. The van der Waals surface area contributed by atoms with Crippen molar-refractivity contribution in [3.63, 3.8) is 0 Å². The normalized spacial score (nSPS) is 19.2. The van der Waals surface area contributed by atoms with Gasteiger partial charge in [-0.15, -0.1) is 12.1 Å². The van der Waals surface area contributed by atoms with Gasteiger partial charge in [-0.3, -0.25) is 28.9 Å². The van der Waals surface area contributed by atoms with E-state index in [1.807, 2.05) is 163 Å².